The largest absolute Gasteiger partial charge is 0.454 e. The lowest BCUT2D eigenvalue weighted by molar-refractivity contribution is 0.174. The van der Waals surface area contributed by atoms with Crippen molar-refractivity contribution in [3.8, 4) is 22.9 Å². The Kier molecular flexibility index (Phi) is 1.94. The Labute approximate surface area is 108 Å². The molecule has 1 aliphatic rings. The molecule has 19 heavy (non-hydrogen) atoms. The van der Waals surface area contributed by atoms with Gasteiger partial charge in [-0.2, -0.15) is 0 Å². The van der Waals surface area contributed by atoms with Crippen LogP contribution in [-0.2, 0) is 0 Å². The van der Waals surface area contributed by atoms with E-state index in [9.17, 15) is 0 Å². The zero-order valence-corrected chi connectivity index (χ0v) is 9.91. The molecule has 3 heterocycles. The van der Waals surface area contributed by atoms with E-state index in [4.69, 9.17) is 15.2 Å². The van der Waals surface area contributed by atoms with Crippen molar-refractivity contribution in [3.63, 3.8) is 0 Å². The molecule has 0 unspecified atom stereocenters. The first-order valence-corrected chi connectivity index (χ1v) is 5.81. The van der Waals surface area contributed by atoms with Crippen molar-refractivity contribution in [2.24, 2.45) is 0 Å². The van der Waals surface area contributed by atoms with Crippen LogP contribution in [0.5, 0.6) is 11.5 Å². The Bertz CT molecular complexity index is 781. The van der Waals surface area contributed by atoms with Gasteiger partial charge in [0, 0.05) is 17.4 Å². The molecule has 1 aromatic carbocycles. The van der Waals surface area contributed by atoms with E-state index in [1.165, 1.54) is 0 Å². The maximum absolute atomic E-state index is 5.80. The van der Waals surface area contributed by atoms with E-state index in [-0.39, 0.29) is 6.79 Å². The molecule has 4 rings (SSSR count). The van der Waals surface area contributed by atoms with Crippen LogP contribution in [0.25, 0.3) is 17.0 Å². The molecule has 0 spiro atoms. The third kappa shape index (κ3) is 1.50. The van der Waals surface area contributed by atoms with Gasteiger partial charge in [-0.3, -0.25) is 4.40 Å². The zero-order valence-electron chi connectivity index (χ0n) is 9.91. The summed E-state index contributed by atoms with van der Waals surface area (Å²) in [5.41, 5.74) is 8.12. The van der Waals surface area contributed by atoms with Gasteiger partial charge in [0.15, 0.2) is 23.0 Å². The van der Waals surface area contributed by atoms with Gasteiger partial charge in [0.25, 0.3) is 0 Å². The Morgan fingerprint density at radius 1 is 1.05 bits per heavy atom. The summed E-state index contributed by atoms with van der Waals surface area (Å²) in [4.78, 5) is 0. The lowest BCUT2D eigenvalue weighted by atomic mass is 10.2. The topological polar surface area (TPSA) is 74.7 Å². The smallest absolute Gasteiger partial charge is 0.231 e. The van der Waals surface area contributed by atoms with Gasteiger partial charge in [0.1, 0.15) is 0 Å². The van der Waals surface area contributed by atoms with Crippen molar-refractivity contribution in [2.45, 2.75) is 0 Å². The molecule has 1 aliphatic heterocycles. The fourth-order valence-corrected chi connectivity index (χ4v) is 2.14. The second-order valence-corrected chi connectivity index (χ2v) is 4.28. The minimum absolute atomic E-state index is 0.256. The first-order chi connectivity index (χ1) is 9.31. The summed E-state index contributed by atoms with van der Waals surface area (Å²) >= 11 is 0. The Balaban J connectivity index is 1.92. The van der Waals surface area contributed by atoms with Gasteiger partial charge in [-0.05, 0) is 30.3 Å². The van der Waals surface area contributed by atoms with Crippen LogP contribution in [0.3, 0.4) is 0 Å². The van der Waals surface area contributed by atoms with Crippen molar-refractivity contribution >= 4 is 11.3 Å². The molecule has 0 aliphatic carbocycles. The molecular weight excluding hydrogens is 244 g/mol. The van der Waals surface area contributed by atoms with Gasteiger partial charge in [-0.1, -0.05) is 0 Å². The predicted molar refractivity (Wildman–Crippen MR) is 69.0 cm³/mol. The number of fused-ring (bicyclic) bond motifs is 2. The number of hydrogen-bond donors (Lipinski definition) is 1. The number of nitrogens with zero attached hydrogens (tertiary/aromatic N) is 3. The summed E-state index contributed by atoms with van der Waals surface area (Å²) in [5, 5.41) is 8.31. The van der Waals surface area contributed by atoms with Crippen LogP contribution in [-0.4, -0.2) is 21.4 Å². The van der Waals surface area contributed by atoms with Gasteiger partial charge >= 0.3 is 0 Å². The molecule has 94 valence electrons. The number of nitrogen functional groups attached to an aromatic ring is 1. The van der Waals surface area contributed by atoms with Gasteiger partial charge in [-0.15, -0.1) is 10.2 Å². The van der Waals surface area contributed by atoms with Crippen molar-refractivity contribution < 1.29 is 9.47 Å². The lowest BCUT2D eigenvalue weighted by Gasteiger charge is -2.02. The van der Waals surface area contributed by atoms with E-state index in [2.05, 4.69) is 10.2 Å². The first kappa shape index (κ1) is 10.2. The van der Waals surface area contributed by atoms with Gasteiger partial charge in [0.05, 0.1) is 0 Å². The molecular formula is C13H10N4O2. The van der Waals surface area contributed by atoms with Crippen LogP contribution < -0.4 is 15.2 Å². The zero-order chi connectivity index (χ0) is 12.8. The van der Waals surface area contributed by atoms with Gasteiger partial charge < -0.3 is 15.2 Å². The number of benzene rings is 1. The fourth-order valence-electron chi connectivity index (χ4n) is 2.14. The molecule has 2 N–H and O–H groups in total. The third-order valence-corrected chi connectivity index (χ3v) is 3.06. The van der Waals surface area contributed by atoms with Crippen LogP contribution in [0.1, 0.15) is 0 Å². The number of nitrogens with two attached hydrogens (primary N) is 1. The monoisotopic (exact) mass is 254 g/mol. The van der Waals surface area contributed by atoms with Gasteiger partial charge in [-0.25, -0.2) is 0 Å². The normalized spacial score (nSPS) is 13.1. The summed E-state index contributed by atoms with van der Waals surface area (Å²) in [6, 6.07) is 9.31. The second-order valence-electron chi connectivity index (χ2n) is 4.28. The highest BCUT2D eigenvalue weighted by Crippen LogP contribution is 2.35. The predicted octanol–water partition coefficient (Wildman–Crippen LogP) is 1.71. The van der Waals surface area contributed by atoms with Crippen molar-refractivity contribution in [1.82, 2.24) is 14.6 Å². The van der Waals surface area contributed by atoms with Crippen LogP contribution >= 0.6 is 0 Å². The molecule has 0 atom stereocenters. The third-order valence-electron chi connectivity index (χ3n) is 3.06. The number of aromatic nitrogens is 3. The molecule has 0 saturated carbocycles. The summed E-state index contributed by atoms with van der Waals surface area (Å²) in [6.07, 6.45) is 1.80. The van der Waals surface area contributed by atoms with Crippen LogP contribution in [0.4, 0.5) is 5.69 Å². The molecule has 0 fully saturated rings. The average Bonchev–Trinajstić information content (AvgIpc) is 3.03. The van der Waals surface area contributed by atoms with Crippen molar-refractivity contribution in [3.05, 3.63) is 36.5 Å². The minimum Gasteiger partial charge on any atom is -0.454 e. The SMILES string of the molecule is Nc1ccc2nnc(-c3ccc4c(c3)OCO4)n2c1. The standard InChI is InChI=1S/C13H10N4O2/c14-9-2-4-12-15-16-13(17(12)6-9)8-1-3-10-11(5-8)19-7-18-10/h1-6H,7,14H2. The first-order valence-electron chi connectivity index (χ1n) is 5.81. The Morgan fingerprint density at radius 3 is 2.89 bits per heavy atom. The van der Waals surface area contributed by atoms with Crippen LogP contribution in [0.2, 0.25) is 0 Å². The number of anilines is 1. The highest BCUT2D eigenvalue weighted by Gasteiger charge is 2.16. The number of pyridine rings is 1. The van der Waals surface area contributed by atoms with Crippen LogP contribution in [0.15, 0.2) is 36.5 Å². The summed E-state index contributed by atoms with van der Waals surface area (Å²) in [7, 11) is 0. The Morgan fingerprint density at radius 2 is 1.95 bits per heavy atom. The van der Waals surface area contributed by atoms with Gasteiger partial charge in [0.2, 0.25) is 6.79 Å². The van der Waals surface area contributed by atoms with E-state index >= 15 is 0 Å². The molecule has 0 radical (unpaired) electrons. The molecule has 6 nitrogen and oxygen atoms in total. The molecule has 3 aromatic rings. The number of hydrogen-bond acceptors (Lipinski definition) is 5. The van der Waals surface area contributed by atoms with E-state index in [0.29, 0.717) is 5.69 Å². The molecule has 0 bridgehead atoms. The molecule has 0 saturated heterocycles. The van der Waals surface area contributed by atoms with E-state index < -0.39 is 0 Å². The summed E-state index contributed by atoms with van der Waals surface area (Å²) < 4.78 is 12.5. The number of ether oxygens (including phenoxy) is 2. The highest BCUT2D eigenvalue weighted by atomic mass is 16.7. The van der Waals surface area contributed by atoms with Crippen molar-refractivity contribution in [1.29, 1.82) is 0 Å². The Hall–Kier alpha value is -2.76. The fraction of sp³-hybridized carbons (Fsp3) is 0.0769. The minimum atomic E-state index is 0.256. The molecule has 6 heteroatoms. The average molecular weight is 254 g/mol. The highest BCUT2D eigenvalue weighted by molar-refractivity contribution is 5.65. The lowest BCUT2D eigenvalue weighted by Crippen LogP contribution is -1.93. The summed E-state index contributed by atoms with van der Waals surface area (Å²) in [5.74, 6) is 2.19. The maximum Gasteiger partial charge on any atom is 0.231 e. The van der Waals surface area contributed by atoms with Crippen LogP contribution in [0, 0.1) is 0 Å². The quantitative estimate of drug-likeness (QED) is 0.715. The second kappa shape index (κ2) is 3.61. The molecule has 2 aromatic heterocycles. The van der Waals surface area contributed by atoms with E-state index in [1.54, 1.807) is 12.3 Å². The van der Waals surface area contributed by atoms with E-state index in [0.717, 1.165) is 28.5 Å². The maximum atomic E-state index is 5.80. The number of rotatable bonds is 1. The van der Waals surface area contributed by atoms with E-state index in [1.807, 2.05) is 28.7 Å². The van der Waals surface area contributed by atoms with Crippen molar-refractivity contribution in [2.75, 3.05) is 12.5 Å². The molecule has 0 amide bonds. The summed E-state index contributed by atoms with van der Waals surface area (Å²) in [6.45, 7) is 0.256.